The van der Waals surface area contributed by atoms with Crippen LogP contribution in [-0.4, -0.2) is 23.9 Å². The van der Waals surface area contributed by atoms with Crippen LogP contribution in [0, 0.1) is 5.82 Å². The molecule has 1 heterocycles. The first-order valence-corrected chi connectivity index (χ1v) is 6.32. The van der Waals surface area contributed by atoms with E-state index in [1.54, 1.807) is 12.1 Å². The van der Waals surface area contributed by atoms with Crippen molar-refractivity contribution in [1.82, 2.24) is 0 Å². The molecule has 0 amide bonds. The molecule has 1 saturated heterocycles. The van der Waals surface area contributed by atoms with Crippen molar-refractivity contribution in [3.63, 3.8) is 0 Å². The van der Waals surface area contributed by atoms with E-state index in [0.29, 0.717) is 12.4 Å². The Kier molecular flexibility index (Phi) is 4.19. The summed E-state index contributed by atoms with van der Waals surface area (Å²) in [6.07, 6.45) is 1.60. The Hall–Kier alpha value is -1.13. The third kappa shape index (κ3) is 3.21. The van der Waals surface area contributed by atoms with E-state index >= 15 is 0 Å². The molecule has 100 valence electrons. The van der Waals surface area contributed by atoms with Crippen molar-refractivity contribution in [3.8, 4) is 5.75 Å². The molecule has 0 aromatic heterocycles. The summed E-state index contributed by atoms with van der Waals surface area (Å²) in [4.78, 5) is 0. The molecule has 18 heavy (non-hydrogen) atoms. The van der Waals surface area contributed by atoms with E-state index in [9.17, 15) is 9.50 Å². The highest BCUT2D eigenvalue weighted by molar-refractivity contribution is 5.30. The molecule has 0 bridgehead atoms. The molecule has 1 aromatic carbocycles. The van der Waals surface area contributed by atoms with Crippen LogP contribution in [0.5, 0.6) is 5.75 Å². The molecule has 0 aliphatic carbocycles. The second-order valence-electron chi connectivity index (χ2n) is 4.82. The maximum absolute atomic E-state index is 13.6. The lowest BCUT2D eigenvalue weighted by Gasteiger charge is -2.14. The molecule has 1 N–H and O–H groups in total. The van der Waals surface area contributed by atoms with Gasteiger partial charge in [-0.1, -0.05) is 0 Å². The van der Waals surface area contributed by atoms with Gasteiger partial charge in [0.15, 0.2) is 0 Å². The average molecular weight is 254 g/mol. The molecule has 0 radical (unpaired) electrons. The number of ether oxygens (including phenoxy) is 2. The van der Waals surface area contributed by atoms with Crippen LogP contribution in [0.4, 0.5) is 4.39 Å². The summed E-state index contributed by atoms with van der Waals surface area (Å²) in [6.45, 7) is 4.02. The lowest BCUT2D eigenvalue weighted by Crippen LogP contribution is -2.18. The lowest BCUT2D eigenvalue weighted by molar-refractivity contribution is 0.0263. The molecule has 3 unspecified atom stereocenters. The monoisotopic (exact) mass is 254 g/mol. The van der Waals surface area contributed by atoms with Gasteiger partial charge in [0.25, 0.3) is 0 Å². The minimum absolute atomic E-state index is 0.0968. The SMILES string of the molecule is CC1CCC(COc2ccc(C(C)O)c(F)c2)O1. The predicted molar refractivity (Wildman–Crippen MR) is 66.1 cm³/mol. The molecule has 1 aliphatic heterocycles. The van der Waals surface area contributed by atoms with Crippen LogP contribution < -0.4 is 4.74 Å². The number of halogens is 1. The van der Waals surface area contributed by atoms with E-state index < -0.39 is 11.9 Å². The van der Waals surface area contributed by atoms with Crippen LogP contribution in [0.25, 0.3) is 0 Å². The summed E-state index contributed by atoms with van der Waals surface area (Å²) in [5.74, 6) is 0.0308. The van der Waals surface area contributed by atoms with E-state index in [1.807, 2.05) is 6.92 Å². The van der Waals surface area contributed by atoms with Gasteiger partial charge in [-0.25, -0.2) is 4.39 Å². The van der Waals surface area contributed by atoms with Crippen LogP contribution >= 0.6 is 0 Å². The highest BCUT2D eigenvalue weighted by Gasteiger charge is 2.22. The first kappa shape index (κ1) is 13.3. The fourth-order valence-electron chi connectivity index (χ4n) is 2.13. The summed E-state index contributed by atoms with van der Waals surface area (Å²) in [5.41, 5.74) is 0.285. The minimum Gasteiger partial charge on any atom is -0.491 e. The van der Waals surface area contributed by atoms with Gasteiger partial charge in [-0.2, -0.15) is 0 Å². The van der Waals surface area contributed by atoms with E-state index in [2.05, 4.69) is 0 Å². The Balaban J connectivity index is 1.92. The standard InChI is InChI=1S/C14H19FO3/c1-9-3-4-12(18-9)8-17-11-5-6-13(10(2)16)14(15)7-11/h5-7,9-10,12,16H,3-4,8H2,1-2H3. The predicted octanol–water partition coefficient (Wildman–Crippen LogP) is 2.83. The Bertz CT molecular complexity index is 406. The van der Waals surface area contributed by atoms with Gasteiger partial charge in [-0.3, -0.25) is 0 Å². The number of hydrogen-bond donors (Lipinski definition) is 1. The van der Waals surface area contributed by atoms with Crippen molar-refractivity contribution in [1.29, 1.82) is 0 Å². The highest BCUT2D eigenvalue weighted by Crippen LogP contribution is 2.23. The maximum atomic E-state index is 13.6. The number of rotatable bonds is 4. The Morgan fingerprint density at radius 3 is 2.83 bits per heavy atom. The van der Waals surface area contributed by atoms with Crippen molar-refractivity contribution >= 4 is 0 Å². The molecule has 1 fully saturated rings. The fraction of sp³-hybridized carbons (Fsp3) is 0.571. The second-order valence-corrected chi connectivity index (χ2v) is 4.82. The summed E-state index contributed by atoms with van der Waals surface area (Å²) >= 11 is 0. The Morgan fingerprint density at radius 1 is 1.50 bits per heavy atom. The van der Waals surface area contributed by atoms with Gasteiger partial charge in [-0.05, 0) is 38.8 Å². The number of aliphatic hydroxyl groups is 1. The first-order valence-electron chi connectivity index (χ1n) is 6.32. The molecule has 3 atom stereocenters. The molecule has 2 rings (SSSR count). The second kappa shape index (κ2) is 5.67. The average Bonchev–Trinajstić information content (AvgIpc) is 2.72. The van der Waals surface area contributed by atoms with Crippen LogP contribution in [-0.2, 0) is 4.74 Å². The molecule has 1 aromatic rings. The summed E-state index contributed by atoms with van der Waals surface area (Å²) in [5, 5.41) is 9.33. The van der Waals surface area contributed by atoms with Gasteiger partial charge in [0, 0.05) is 11.6 Å². The molecule has 3 nitrogen and oxygen atoms in total. The van der Waals surface area contributed by atoms with Crippen molar-refractivity contribution in [2.75, 3.05) is 6.61 Å². The van der Waals surface area contributed by atoms with E-state index in [0.717, 1.165) is 12.8 Å². The minimum atomic E-state index is -0.807. The summed E-state index contributed by atoms with van der Waals surface area (Å²) < 4.78 is 24.7. The van der Waals surface area contributed by atoms with Gasteiger partial charge in [-0.15, -0.1) is 0 Å². The third-order valence-corrected chi connectivity index (χ3v) is 3.18. The number of aliphatic hydroxyl groups excluding tert-OH is 1. The van der Waals surface area contributed by atoms with Gasteiger partial charge in [0.05, 0.1) is 18.3 Å². The van der Waals surface area contributed by atoms with Crippen LogP contribution in [0.1, 0.15) is 38.4 Å². The highest BCUT2D eigenvalue weighted by atomic mass is 19.1. The largest absolute Gasteiger partial charge is 0.491 e. The molecule has 4 heteroatoms. The molecular formula is C14H19FO3. The van der Waals surface area contributed by atoms with Crippen LogP contribution in [0.3, 0.4) is 0 Å². The van der Waals surface area contributed by atoms with E-state index in [4.69, 9.17) is 9.47 Å². The van der Waals surface area contributed by atoms with Gasteiger partial charge in [0.1, 0.15) is 18.2 Å². The van der Waals surface area contributed by atoms with Crippen molar-refractivity contribution in [3.05, 3.63) is 29.6 Å². The normalized spacial score (nSPS) is 25.1. The van der Waals surface area contributed by atoms with E-state index in [1.165, 1.54) is 13.0 Å². The first-order chi connectivity index (χ1) is 8.56. The van der Waals surface area contributed by atoms with Crippen molar-refractivity contribution in [2.45, 2.75) is 45.0 Å². The molecule has 0 spiro atoms. The van der Waals surface area contributed by atoms with Crippen LogP contribution in [0.2, 0.25) is 0 Å². The number of benzene rings is 1. The van der Waals surface area contributed by atoms with Crippen molar-refractivity contribution in [2.24, 2.45) is 0 Å². The lowest BCUT2D eigenvalue weighted by atomic mass is 10.1. The molecule has 0 saturated carbocycles. The van der Waals surface area contributed by atoms with Gasteiger partial charge < -0.3 is 14.6 Å². The smallest absolute Gasteiger partial charge is 0.132 e. The fourth-order valence-corrected chi connectivity index (χ4v) is 2.13. The zero-order valence-corrected chi connectivity index (χ0v) is 10.7. The zero-order chi connectivity index (χ0) is 13.1. The summed E-state index contributed by atoms with van der Waals surface area (Å²) in [7, 11) is 0. The maximum Gasteiger partial charge on any atom is 0.132 e. The molecular weight excluding hydrogens is 235 g/mol. The zero-order valence-electron chi connectivity index (χ0n) is 10.7. The van der Waals surface area contributed by atoms with Gasteiger partial charge >= 0.3 is 0 Å². The van der Waals surface area contributed by atoms with E-state index in [-0.39, 0.29) is 17.8 Å². The van der Waals surface area contributed by atoms with Crippen molar-refractivity contribution < 1.29 is 19.0 Å². The third-order valence-electron chi connectivity index (χ3n) is 3.18. The topological polar surface area (TPSA) is 38.7 Å². The number of hydrogen-bond acceptors (Lipinski definition) is 3. The van der Waals surface area contributed by atoms with Gasteiger partial charge in [0.2, 0.25) is 0 Å². The molecule has 1 aliphatic rings. The summed E-state index contributed by atoms with van der Waals surface area (Å²) in [6, 6.07) is 4.53. The Morgan fingerprint density at radius 2 is 2.28 bits per heavy atom. The quantitative estimate of drug-likeness (QED) is 0.898. The Labute approximate surface area is 107 Å². The van der Waals surface area contributed by atoms with Crippen LogP contribution in [0.15, 0.2) is 18.2 Å².